The van der Waals surface area contributed by atoms with Crippen molar-refractivity contribution in [2.24, 2.45) is 7.05 Å². The van der Waals surface area contributed by atoms with Gasteiger partial charge in [0.15, 0.2) is 0 Å². The van der Waals surface area contributed by atoms with Crippen LogP contribution in [0.5, 0.6) is 0 Å². The zero-order valence-electron chi connectivity index (χ0n) is 12.7. The highest BCUT2D eigenvalue weighted by molar-refractivity contribution is 5.75. The van der Waals surface area contributed by atoms with Crippen molar-refractivity contribution < 1.29 is 0 Å². The van der Waals surface area contributed by atoms with Crippen LogP contribution in [0.15, 0.2) is 36.8 Å². The summed E-state index contributed by atoms with van der Waals surface area (Å²) in [6.07, 6.45) is 4.60. The molecule has 0 saturated carbocycles. The number of nitrogens with one attached hydrogen (secondary N) is 1. The molecule has 0 bridgehead atoms. The monoisotopic (exact) mass is 283 g/mol. The Morgan fingerprint density at radius 2 is 2.10 bits per heavy atom. The second kappa shape index (κ2) is 5.69. The standard InChI is InChI=1S/C16H21N5/c1-4-21-14-8-6-5-7-12(14)19-16(21)9-13(17-2)15-10-18-11-20(15)3/h5-8,10-11,13,17H,4,9H2,1-3H3. The first kappa shape index (κ1) is 13.8. The molecule has 1 N–H and O–H groups in total. The Morgan fingerprint density at radius 1 is 1.29 bits per heavy atom. The van der Waals surface area contributed by atoms with E-state index in [4.69, 9.17) is 4.98 Å². The van der Waals surface area contributed by atoms with Crippen molar-refractivity contribution in [2.45, 2.75) is 25.9 Å². The number of likely N-dealkylation sites (N-methyl/N-ethyl adjacent to an activating group) is 1. The third kappa shape index (κ3) is 2.45. The van der Waals surface area contributed by atoms with Crippen LogP contribution in [0.4, 0.5) is 0 Å². The predicted octanol–water partition coefficient (Wildman–Crippen LogP) is 2.29. The van der Waals surface area contributed by atoms with Crippen LogP contribution >= 0.6 is 0 Å². The van der Waals surface area contributed by atoms with E-state index in [2.05, 4.69) is 44.6 Å². The van der Waals surface area contributed by atoms with Crippen molar-refractivity contribution in [2.75, 3.05) is 7.05 Å². The summed E-state index contributed by atoms with van der Waals surface area (Å²) in [4.78, 5) is 9.02. The van der Waals surface area contributed by atoms with Gasteiger partial charge < -0.3 is 14.5 Å². The molecule has 5 nitrogen and oxygen atoms in total. The average Bonchev–Trinajstić information content (AvgIpc) is 3.07. The van der Waals surface area contributed by atoms with Gasteiger partial charge in [-0.25, -0.2) is 9.97 Å². The van der Waals surface area contributed by atoms with Gasteiger partial charge in [0.05, 0.1) is 29.1 Å². The Hall–Kier alpha value is -2.14. The molecule has 1 unspecified atom stereocenters. The molecule has 0 saturated heterocycles. The number of hydrogen-bond donors (Lipinski definition) is 1. The number of hydrogen-bond acceptors (Lipinski definition) is 3. The number of aromatic nitrogens is 4. The van der Waals surface area contributed by atoms with Gasteiger partial charge in [-0.05, 0) is 26.1 Å². The van der Waals surface area contributed by atoms with E-state index in [0.29, 0.717) is 0 Å². The van der Waals surface area contributed by atoms with E-state index in [1.165, 1.54) is 11.2 Å². The van der Waals surface area contributed by atoms with E-state index >= 15 is 0 Å². The lowest BCUT2D eigenvalue weighted by Gasteiger charge is -2.17. The highest BCUT2D eigenvalue weighted by Gasteiger charge is 2.18. The summed E-state index contributed by atoms with van der Waals surface area (Å²) in [6.45, 7) is 3.09. The zero-order chi connectivity index (χ0) is 14.8. The van der Waals surface area contributed by atoms with Crippen LogP contribution in [-0.4, -0.2) is 26.1 Å². The van der Waals surface area contributed by atoms with Crippen molar-refractivity contribution in [1.82, 2.24) is 24.4 Å². The Balaban J connectivity index is 1.98. The number of rotatable bonds is 5. The third-order valence-electron chi connectivity index (χ3n) is 4.00. The largest absolute Gasteiger partial charge is 0.336 e. The molecule has 1 aromatic carbocycles. The SMILES string of the molecule is CCn1c(CC(NC)c2cncn2C)nc2ccccc21. The first-order valence-corrected chi connectivity index (χ1v) is 7.32. The summed E-state index contributed by atoms with van der Waals surface area (Å²) >= 11 is 0. The second-order valence-corrected chi connectivity index (χ2v) is 5.24. The lowest BCUT2D eigenvalue weighted by molar-refractivity contribution is 0.528. The number of para-hydroxylation sites is 2. The van der Waals surface area contributed by atoms with E-state index in [9.17, 15) is 0 Å². The molecule has 0 fully saturated rings. The van der Waals surface area contributed by atoms with Crippen LogP contribution in [0.1, 0.15) is 24.5 Å². The van der Waals surface area contributed by atoms with Crippen LogP contribution in [0.2, 0.25) is 0 Å². The second-order valence-electron chi connectivity index (χ2n) is 5.24. The van der Waals surface area contributed by atoms with E-state index < -0.39 is 0 Å². The van der Waals surface area contributed by atoms with Gasteiger partial charge in [-0.3, -0.25) is 0 Å². The molecule has 0 amide bonds. The fraction of sp³-hybridized carbons (Fsp3) is 0.375. The van der Waals surface area contributed by atoms with Gasteiger partial charge in [0.25, 0.3) is 0 Å². The molecule has 21 heavy (non-hydrogen) atoms. The molecular formula is C16H21N5. The van der Waals surface area contributed by atoms with E-state index in [0.717, 1.165) is 24.3 Å². The van der Waals surface area contributed by atoms with Crippen molar-refractivity contribution in [1.29, 1.82) is 0 Å². The Bertz CT molecular complexity index is 740. The highest BCUT2D eigenvalue weighted by Crippen LogP contribution is 2.21. The number of aryl methyl sites for hydroxylation is 2. The summed E-state index contributed by atoms with van der Waals surface area (Å²) < 4.78 is 4.34. The van der Waals surface area contributed by atoms with Gasteiger partial charge in [-0.1, -0.05) is 12.1 Å². The lowest BCUT2D eigenvalue weighted by Crippen LogP contribution is -2.22. The van der Waals surface area contributed by atoms with Crippen LogP contribution in [0.3, 0.4) is 0 Å². The van der Waals surface area contributed by atoms with Crippen molar-refractivity contribution >= 4 is 11.0 Å². The molecule has 5 heteroatoms. The maximum atomic E-state index is 4.80. The van der Waals surface area contributed by atoms with Gasteiger partial charge in [-0.2, -0.15) is 0 Å². The first-order chi connectivity index (χ1) is 10.2. The fourth-order valence-corrected chi connectivity index (χ4v) is 2.87. The normalized spacial score (nSPS) is 12.9. The number of fused-ring (bicyclic) bond motifs is 1. The highest BCUT2D eigenvalue weighted by atomic mass is 15.1. The minimum Gasteiger partial charge on any atom is -0.336 e. The topological polar surface area (TPSA) is 47.7 Å². The molecule has 3 rings (SSSR count). The van der Waals surface area contributed by atoms with Crippen molar-refractivity contribution in [3.63, 3.8) is 0 Å². The van der Waals surface area contributed by atoms with E-state index in [1.807, 2.05) is 32.7 Å². The van der Waals surface area contributed by atoms with Gasteiger partial charge in [-0.15, -0.1) is 0 Å². The maximum absolute atomic E-state index is 4.80. The quantitative estimate of drug-likeness (QED) is 0.781. The molecule has 0 spiro atoms. The minimum atomic E-state index is 0.208. The van der Waals surface area contributed by atoms with Gasteiger partial charge in [0.2, 0.25) is 0 Å². The van der Waals surface area contributed by atoms with E-state index in [1.54, 1.807) is 0 Å². The maximum Gasteiger partial charge on any atom is 0.111 e. The van der Waals surface area contributed by atoms with Crippen LogP contribution in [-0.2, 0) is 20.0 Å². The Kier molecular flexibility index (Phi) is 3.75. The van der Waals surface area contributed by atoms with E-state index in [-0.39, 0.29) is 6.04 Å². The van der Waals surface area contributed by atoms with Crippen LogP contribution in [0.25, 0.3) is 11.0 Å². The van der Waals surface area contributed by atoms with Gasteiger partial charge in [0.1, 0.15) is 5.82 Å². The summed E-state index contributed by atoms with van der Waals surface area (Å²) in [5, 5.41) is 3.38. The molecular weight excluding hydrogens is 262 g/mol. The summed E-state index contributed by atoms with van der Waals surface area (Å²) in [6, 6.07) is 8.52. The minimum absolute atomic E-state index is 0.208. The summed E-state index contributed by atoms with van der Waals surface area (Å²) in [5.74, 6) is 1.11. The molecule has 0 aliphatic heterocycles. The molecule has 0 aliphatic carbocycles. The van der Waals surface area contributed by atoms with Gasteiger partial charge in [0, 0.05) is 26.2 Å². The lowest BCUT2D eigenvalue weighted by atomic mass is 10.1. The predicted molar refractivity (Wildman–Crippen MR) is 84.1 cm³/mol. The summed E-state index contributed by atoms with van der Waals surface area (Å²) in [5.41, 5.74) is 3.44. The smallest absolute Gasteiger partial charge is 0.111 e. The van der Waals surface area contributed by atoms with Crippen molar-refractivity contribution in [3.8, 4) is 0 Å². The molecule has 0 aliphatic rings. The number of imidazole rings is 2. The molecule has 110 valence electrons. The molecule has 3 aromatic rings. The van der Waals surface area contributed by atoms with Gasteiger partial charge >= 0.3 is 0 Å². The summed E-state index contributed by atoms with van der Waals surface area (Å²) in [7, 11) is 4.01. The number of nitrogens with zero attached hydrogens (tertiary/aromatic N) is 4. The molecule has 2 heterocycles. The Morgan fingerprint density at radius 3 is 2.76 bits per heavy atom. The third-order valence-corrected chi connectivity index (χ3v) is 4.00. The zero-order valence-corrected chi connectivity index (χ0v) is 12.7. The first-order valence-electron chi connectivity index (χ1n) is 7.32. The molecule has 2 aromatic heterocycles. The molecule has 1 atom stereocenters. The average molecular weight is 283 g/mol. The van der Waals surface area contributed by atoms with Crippen molar-refractivity contribution in [3.05, 3.63) is 48.3 Å². The van der Waals surface area contributed by atoms with Crippen LogP contribution < -0.4 is 5.32 Å². The number of benzene rings is 1. The Labute approximate surface area is 124 Å². The fourth-order valence-electron chi connectivity index (χ4n) is 2.87. The van der Waals surface area contributed by atoms with Crippen LogP contribution in [0, 0.1) is 0 Å². The molecule has 0 radical (unpaired) electrons.